The minimum absolute atomic E-state index is 0. The molecule has 4 heteroatoms. The van der Waals surface area contributed by atoms with E-state index in [-0.39, 0.29) is 62.9 Å². The number of carbonyl (C=O) groups is 1. The molecule has 1 aromatic rings. The number of carbonyl (C=O) groups excluding carboxylic acids is 1. The van der Waals surface area contributed by atoms with E-state index in [0.717, 1.165) is 0 Å². The van der Waals surface area contributed by atoms with Crippen LogP contribution in [0.1, 0.15) is 12.5 Å². The fraction of sp³-hybridized carbons (Fsp3) is 0.214. The van der Waals surface area contributed by atoms with Crippen molar-refractivity contribution in [3.8, 4) is 0 Å². The van der Waals surface area contributed by atoms with Gasteiger partial charge in [-0.3, -0.25) is 4.79 Å². The summed E-state index contributed by atoms with van der Waals surface area (Å²) in [7, 11) is 1.49. The molecule has 0 aliphatic carbocycles. The summed E-state index contributed by atoms with van der Waals surface area (Å²) in [4.78, 5) is 10.8. The first kappa shape index (κ1) is 17.8. The molecule has 0 aliphatic heterocycles. The number of methoxy groups -OCH3 is 1. The molecule has 1 rings (SSSR count). The average Bonchev–Trinajstić information content (AvgIpc) is 2.35. The Morgan fingerprint density at radius 3 is 2.44 bits per heavy atom. The topological polar surface area (TPSA) is 49.4 Å². The predicted molar refractivity (Wildman–Crippen MR) is 65.0 cm³/mol. The summed E-state index contributed by atoms with van der Waals surface area (Å²) >= 11 is 0. The third kappa shape index (κ3) is 6.63. The van der Waals surface area contributed by atoms with Crippen LogP contribution in [0.5, 0.6) is 0 Å². The molecule has 0 saturated heterocycles. The Hall–Kier alpha value is -0.234. The number of ketones is 1. The maximum atomic E-state index is 11.8. The molecule has 0 aromatic heterocycles. The molecule has 0 bridgehead atoms. The molecule has 0 fully saturated rings. The van der Waals surface area contributed by atoms with Crippen LogP contribution in [0.4, 0.5) is 0 Å². The zero-order valence-corrected chi connectivity index (χ0v) is 14.0. The second-order valence-corrected chi connectivity index (χ2v) is 3.57. The smallest absolute Gasteiger partial charge is 0.872 e. The summed E-state index contributed by atoms with van der Waals surface area (Å²) in [6, 6.07) is 8.92. The van der Waals surface area contributed by atoms with Gasteiger partial charge in [-0.2, -0.15) is 0 Å². The maximum Gasteiger partial charge on any atom is 1.00 e. The molecular weight excluding hydrogens is 255 g/mol. The SMILES string of the molecule is COC(C=C([O-])c1ccccc1)/C=C/C(C)=O.[K+]. The van der Waals surface area contributed by atoms with Gasteiger partial charge in [0.2, 0.25) is 0 Å². The number of allylic oxidation sites excluding steroid dienone is 1. The van der Waals surface area contributed by atoms with Crippen LogP contribution < -0.4 is 56.5 Å². The Morgan fingerprint density at radius 2 is 1.94 bits per heavy atom. The molecule has 0 aliphatic rings. The third-order valence-corrected chi connectivity index (χ3v) is 2.17. The zero-order valence-electron chi connectivity index (χ0n) is 10.9. The van der Waals surface area contributed by atoms with E-state index < -0.39 is 6.10 Å². The van der Waals surface area contributed by atoms with Gasteiger partial charge in [0.25, 0.3) is 0 Å². The van der Waals surface area contributed by atoms with Crippen molar-refractivity contribution >= 4 is 11.5 Å². The summed E-state index contributed by atoms with van der Waals surface area (Å²) in [6.45, 7) is 1.45. The summed E-state index contributed by atoms with van der Waals surface area (Å²) in [5, 5.41) is 11.8. The molecule has 1 unspecified atom stereocenters. The van der Waals surface area contributed by atoms with Gasteiger partial charge in [0.1, 0.15) is 0 Å². The van der Waals surface area contributed by atoms with Gasteiger partial charge < -0.3 is 9.84 Å². The van der Waals surface area contributed by atoms with Gasteiger partial charge in [-0.25, -0.2) is 0 Å². The van der Waals surface area contributed by atoms with Crippen molar-refractivity contribution in [2.24, 2.45) is 0 Å². The Bertz CT molecular complexity index is 424. The molecule has 0 spiro atoms. The van der Waals surface area contributed by atoms with Crippen molar-refractivity contribution in [3.63, 3.8) is 0 Å². The number of rotatable bonds is 5. The average molecular weight is 270 g/mol. The summed E-state index contributed by atoms with van der Waals surface area (Å²) in [5.74, 6) is -0.196. The molecule has 0 amide bonds. The first-order chi connectivity index (χ1) is 8.13. The Kier molecular flexibility index (Phi) is 9.54. The van der Waals surface area contributed by atoms with Crippen LogP contribution in [-0.2, 0) is 9.53 Å². The van der Waals surface area contributed by atoms with Gasteiger partial charge in [-0.05, 0) is 24.6 Å². The fourth-order valence-electron chi connectivity index (χ4n) is 1.28. The minimum atomic E-state index is -0.480. The molecule has 3 nitrogen and oxygen atoms in total. The predicted octanol–water partition coefficient (Wildman–Crippen LogP) is -1.45. The molecule has 0 radical (unpaired) electrons. The number of hydrogen-bond donors (Lipinski definition) is 0. The van der Waals surface area contributed by atoms with Gasteiger partial charge in [0, 0.05) is 7.11 Å². The van der Waals surface area contributed by atoms with Gasteiger partial charge in [0.15, 0.2) is 5.78 Å². The monoisotopic (exact) mass is 270 g/mol. The van der Waals surface area contributed by atoms with Crippen LogP contribution in [0.2, 0.25) is 0 Å². The van der Waals surface area contributed by atoms with E-state index in [4.69, 9.17) is 4.74 Å². The van der Waals surface area contributed by atoms with Gasteiger partial charge in [0.05, 0.1) is 6.10 Å². The van der Waals surface area contributed by atoms with Crippen molar-refractivity contribution in [3.05, 3.63) is 54.1 Å². The van der Waals surface area contributed by atoms with Crippen molar-refractivity contribution in [1.29, 1.82) is 0 Å². The number of hydrogen-bond acceptors (Lipinski definition) is 3. The van der Waals surface area contributed by atoms with Crippen molar-refractivity contribution < 1.29 is 66.0 Å². The zero-order chi connectivity index (χ0) is 12.7. The second kappa shape index (κ2) is 9.66. The van der Waals surface area contributed by atoms with E-state index in [0.29, 0.717) is 5.56 Å². The van der Waals surface area contributed by atoms with E-state index in [1.165, 1.54) is 26.2 Å². The molecule has 90 valence electrons. The quantitative estimate of drug-likeness (QED) is 0.374. The fourth-order valence-corrected chi connectivity index (χ4v) is 1.28. The standard InChI is InChI=1S/C14H16O3.K/c1-11(15)8-9-13(17-2)10-14(16)12-6-4-3-5-7-12;/h3-10,13,16H,1-2H3;/q;+1/p-1/b9-8+,14-10?;. The first-order valence-electron chi connectivity index (χ1n) is 5.29. The second-order valence-electron chi connectivity index (χ2n) is 3.57. The normalized spacial score (nSPS) is 13.1. The van der Waals surface area contributed by atoms with E-state index in [1.807, 2.05) is 6.07 Å². The van der Waals surface area contributed by atoms with Crippen molar-refractivity contribution in [1.82, 2.24) is 0 Å². The number of ether oxygens (including phenoxy) is 1. The van der Waals surface area contributed by atoms with Crippen LogP contribution in [0.25, 0.3) is 5.76 Å². The minimum Gasteiger partial charge on any atom is -0.872 e. The van der Waals surface area contributed by atoms with Gasteiger partial charge >= 0.3 is 51.4 Å². The van der Waals surface area contributed by atoms with Crippen LogP contribution >= 0.6 is 0 Å². The molecule has 1 aromatic carbocycles. The van der Waals surface area contributed by atoms with Gasteiger partial charge in [-0.15, -0.1) is 5.76 Å². The summed E-state index contributed by atoms with van der Waals surface area (Å²) < 4.78 is 5.08. The van der Waals surface area contributed by atoms with Crippen LogP contribution in [-0.4, -0.2) is 19.0 Å². The maximum absolute atomic E-state index is 11.8. The van der Waals surface area contributed by atoms with E-state index >= 15 is 0 Å². The molecule has 1 atom stereocenters. The van der Waals surface area contributed by atoms with Crippen LogP contribution in [0.15, 0.2) is 48.6 Å². The largest absolute Gasteiger partial charge is 1.00 e. The Balaban J connectivity index is 0.00000289. The van der Waals surface area contributed by atoms with E-state index in [1.54, 1.807) is 30.3 Å². The molecule has 18 heavy (non-hydrogen) atoms. The van der Waals surface area contributed by atoms with Gasteiger partial charge in [-0.1, -0.05) is 36.4 Å². The Morgan fingerprint density at radius 1 is 1.33 bits per heavy atom. The molecule has 0 saturated carbocycles. The molecule has 0 N–H and O–H groups in total. The third-order valence-electron chi connectivity index (χ3n) is 2.17. The summed E-state index contributed by atoms with van der Waals surface area (Å²) in [6.07, 6.45) is 3.91. The summed E-state index contributed by atoms with van der Waals surface area (Å²) in [5.41, 5.74) is 0.603. The van der Waals surface area contributed by atoms with E-state index in [2.05, 4.69) is 0 Å². The van der Waals surface area contributed by atoms with Crippen LogP contribution in [0, 0.1) is 0 Å². The first-order valence-corrected chi connectivity index (χ1v) is 5.29. The van der Waals surface area contributed by atoms with Crippen molar-refractivity contribution in [2.45, 2.75) is 13.0 Å². The Labute approximate surface area is 150 Å². The van der Waals surface area contributed by atoms with Crippen LogP contribution in [0.3, 0.4) is 0 Å². The number of benzene rings is 1. The van der Waals surface area contributed by atoms with E-state index in [9.17, 15) is 9.90 Å². The van der Waals surface area contributed by atoms with Crippen molar-refractivity contribution in [2.75, 3.05) is 7.11 Å². The molecule has 0 heterocycles. The molecular formula is C14H15KO3.